The van der Waals surface area contributed by atoms with Crippen LogP contribution < -0.4 is 5.56 Å². The van der Waals surface area contributed by atoms with Gasteiger partial charge in [0.05, 0.1) is 28.5 Å². The van der Waals surface area contributed by atoms with E-state index in [4.69, 9.17) is 4.74 Å². The van der Waals surface area contributed by atoms with Crippen molar-refractivity contribution in [3.8, 4) is 5.69 Å². The van der Waals surface area contributed by atoms with Gasteiger partial charge in [-0.15, -0.1) is 0 Å². The van der Waals surface area contributed by atoms with Crippen molar-refractivity contribution in [3.63, 3.8) is 0 Å². The van der Waals surface area contributed by atoms with E-state index < -0.39 is 63.4 Å². The number of carbonyl (C=O) groups excluding carboxylic acids is 1. The maximum Gasteiger partial charge on any atom is 0.418 e. The molecule has 0 N–H and O–H groups in total. The number of benzene rings is 1. The van der Waals surface area contributed by atoms with Crippen LogP contribution in [0.15, 0.2) is 35.1 Å². The second kappa shape index (κ2) is 8.10. The maximum atomic E-state index is 13.8. The fourth-order valence-corrected chi connectivity index (χ4v) is 4.69. The van der Waals surface area contributed by atoms with Crippen LogP contribution in [0.4, 0.5) is 26.3 Å². The van der Waals surface area contributed by atoms with Crippen LogP contribution in [-0.2, 0) is 17.1 Å². The SMILES string of the molecule is COC1C(C)(C)CN(C(=O)c2nn(-c3cccc(C(F)(F)F)c3)c(=O)cc2C(F)(F)F)C1(C)C. The number of carbonyl (C=O) groups is 1. The molecule has 1 fully saturated rings. The van der Waals surface area contributed by atoms with E-state index in [0.29, 0.717) is 10.7 Å². The predicted octanol–water partition coefficient (Wildman–Crippen LogP) is 4.55. The predicted molar refractivity (Wildman–Crippen MR) is 110 cm³/mol. The van der Waals surface area contributed by atoms with E-state index in [1.165, 1.54) is 12.0 Å². The summed E-state index contributed by atoms with van der Waals surface area (Å²) in [5.74, 6) is -1.12. The average molecular weight is 491 g/mol. The summed E-state index contributed by atoms with van der Waals surface area (Å²) < 4.78 is 86.6. The number of halogens is 6. The molecule has 0 spiro atoms. The molecule has 2 heterocycles. The summed E-state index contributed by atoms with van der Waals surface area (Å²) in [5, 5.41) is 3.63. The van der Waals surface area contributed by atoms with Gasteiger partial charge < -0.3 is 9.64 Å². The summed E-state index contributed by atoms with van der Waals surface area (Å²) in [4.78, 5) is 27.0. The van der Waals surface area contributed by atoms with Crippen molar-refractivity contribution in [1.82, 2.24) is 14.7 Å². The largest absolute Gasteiger partial charge is 0.418 e. The number of nitrogens with zero attached hydrogens (tertiary/aromatic N) is 3. The van der Waals surface area contributed by atoms with Gasteiger partial charge >= 0.3 is 12.4 Å². The monoisotopic (exact) mass is 491 g/mol. The van der Waals surface area contributed by atoms with E-state index in [1.54, 1.807) is 27.7 Å². The summed E-state index contributed by atoms with van der Waals surface area (Å²) >= 11 is 0. The van der Waals surface area contributed by atoms with Crippen molar-refractivity contribution in [2.24, 2.45) is 5.41 Å². The van der Waals surface area contributed by atoms with Crippen molar-refractivity contribution in [2.45, 2.75) is 51.7 Å². The van der Waals surface area contributed by atoms with Gasteiger partial charge in [0, 0.05) is 25.1 Å². The van der Waals surface area contributed by atoms with Gasteiger partial charge in [-0.25, -0.2) is 0 Å². The second-order valence-corrected chi connectivity index (χ2v) is 9.35. The van der Waals surface area contributed by atoms with Crippen LogP contribution in [0.25, 0.3) is 5.69 Å². The topological polar surface area (TPSA) is 64.4 Å². The highest BCUT2D eigenvalue weighted by Crippen LogP contribution is 2.44. The highest BCUT2D eigenvalue weighted by Gasteiger charge is 2.55. The third-order valence-electron chi connectivity index (χ3n) is 5.95. The fourth-order valence-electron chi connectivity index (χ4n) is 4.69. The van der Waals surface area contributed by atoms with Crippen LogP contribution >= 0.6 is 0 Å². The Bertz CT molecular complexity index is 1170. The molecule has 1 amide bonds. The molecule has 0 bridgehead atoms. The van der Waals surface area contributed by atoms with Gasteiger partial charge in [0.15, 0.2) is 5.69 Å². The Balaban J connectivity index is 2.21. The Hall–Kier alpha value is -2.89. The lowest BCUT2D eigenvalue weighted by Gasteiger charge is -2.36. The Morgan fingerprint density at radius 1 is 1.06 bits per heavy atom. The van der Waals surface area contributed by atoms with Crippen LogP contribution in [0.5, 0.6) is 0 Å². The molecule has 1 aromatic heterocycles. The Morgan fingerprint density at radius 3 is 2.18 bits per heavy atom. The molecule has 3 rings (SSSR count). The minimum Gasteiger partial charge on any atom is -0.378 e. The summed E-state index contributed by atoms with van der Waals surface area (Å²) in [6, 6.07) is 3.54. The number of rotatable bonds is 3. The first-order chi connectivity index (χ1) is 15.4. The molecule has 0 radical (unpaired) electrons. The first-order valence-electron chi connectivity index (χ1n) is 10.1. The van der Waals surface area contributed by atoms with Gasteiger partial charge in [0.25, 0.3) is 11.5 Å². The highest BCUT2D eigenvalue weighted by atomic mass is 19.4. The zero-order chi connectivity index (χ0) is 25.9. The lowest BCUT2D eigenvalue weighted by Crippen LogP contribution is -2.50. The lowest BCUT2D eigenvalue weighted by molar-refractivity contribution is -0.138. The Morgan fingerprint density at radius 2 is 1.68 bits per heavy atom. The van der Waals surface area contributed by atoms with E-state index in [0.717, 1.165) is 18.2 Å². The van der Waals surface area contributed by atoms with Gasteiger partial charge in [-0.05, 0) is 32.0 Å². The third-order valence-corrected chi connectivity index (χ3v) is 5.95. The molecule has 6 nitrogen and oxygen atoms in total. The summed E-state index contributed by atoms with van der Waals surface area (Å²) in [6.07, 6.45) is -10.4. The standard InChI is InChI=1S/C22H23F6N3O3/c1-19(2)11-30(20(3,4)18(19)34-5)17(33)16-14(22(26,27)28)10-15(32)31(29-16)13-8-6-7-12(9-13)21(23,24)25/h6-10,18H,11H2,1-5H3. The number of likely N-dealkylation sites (tertiary alicyclic amines) is 1. The molecule has 1 aliphatic rings. The number of alkyl halides is 6. The Kier molecular flexibility index (Phi) is 6.13. The molecule has 0 aliphatic carbocycles. The second-order valence-electron chi connectivity index (χ2n) is 9.35. The van der Waals surface area contributed by atoms with Crippen molar-refractivity contribution >= 4 is 5.91 Å². The zero-order valence-electron chi connectivity index (χ0n) is 19.0. The van der Waals surface area contributed by atoms with Gasteiger partial charge in [0.1, 0.15) is 0 Å². The molecule has 1 atom stereocenters. The molecular weight excluding hydrogens is 468 g/mol. The van der Waals surface area contributed by atoms with E-state index in [9.17, 15) is 35.9 Å². The highest BCUT2D eigenvalue weighted by molar-refractivity contribution is 5.94. The molecule has 186 valence electrons. The number of hydrogen-bond donors (Lipinski definition) is 0. The van der Waals surface area contributed by atoms with Gasteiger partial charge in [-0.1, -0.05) is 19.9 Å². The quantitative estimate of drug-likeness (QED) is 0.592. The van der Waals surface area contributed by atoms with E-state index >= 15 is 0 Å². The summed E-state index contributed by atoms with van der Waals surface area (Å²) in [7, 11) is 1.43. The number of amides is 1. The van der Waals surface area contributed by atoms with E-state index in [2.05, 4.69) is 5.10 Å². The minimum absolute atomic E-state index is 0.0268. The fraction of sp³-hybridized carbons (Fsp3) is 0.500. The maximum absolute atomic E-state index is 13.8. The van der Waals surface area contributed by atoms with Crippen LogP contribution in [0.3, 0.4) is 0 Å². The molecule has 12 heteroatoms. The van der Waals surface area contributed by atoms with Crippen molar-refractivity contribution in [3.05, 3.63) is 57.5 Å². The summed E-state index contributed by atoms with van der Waals surface area (Å²) in [5.41, 5.74) is -7.22. The van der Waals surface area contributed by atoms with Gasteiger partial charge in [-0.3, -0.25) is 9.59 Å². The molecule has 1 unspecified atom stereocenters. The van der Waals surface area contributed by atoms with Gasteiger partial charge in [-0.2, -0.15) is 36.1 Å². The number of aromatic nitrogens is 2. The number of methoxy groups -OCH3 is 1. The van der Waals surface area contributed by atoms with Gasteiger partial charge in [0.2, 0.25) is 0 Å². The number of hydrogen-bond acceptors (Lipinski definition) is 4. The van der Waals surface area contributed by atoms with Crippen molar-refractivity contribution in [2.75, 3.05) is 13.7 Å². The third kappa shape index (κ3) is 4.42. The molecule has 1 aromatic carbocycles. The average Bonchev–Trinajstić information content (AvgIpc) is 2.89. The van der Waals surface area contributed by atoms with Crippen LogP contribution in [0.1, 0.15) is 49.3 Å². The molecule has 1 aliphatic heterocycles. The van der Waals surface area contributed by atoms with Crippen molar-refractivity contribution in [1.29, 1.82) is 0 Å². The van der Waals surface area contributed by atoms with Crippen LogP contribution in [0, 0.1) is 5.41 Å². The normalized spacial score (nSPS) is 20.0. The minimum atomic E-state index is -5.11. The summed E-state index contributed by atoms with van der Waals surface area (Å²) in [6.45, 7) is 6.86. The smallest absolute Gasteiger partial charge is 0.378 e. The zero-order valence-corrected chi connectivity index (χ0v) is 19.0. The van der Waals surface area contributed by atoms with E-state index in [-0.39, 0.29) is 12.6 Å². The lowest BCUT2D eigenvalue weighted by atomic mass is 9.82. The molecule has 34 heavy (non-hydrogen) atoms. The molecule has 2 aromatic rings. The molecular formula is C22H23F6N3O3. The van der Waals surface area contributed by atoms with Crippen molar-refractivity contribution < 1.29 is 35.9 Å². The van der Waals surface area contributed by atoms with Crippen LogP contribution in [0.2, 0.25) is 0 Å². The first-order valence-corrected chi connectivity index (χ1v) is 10.1. The van der Waals surface area contributed by atoms with Crippen LogP contribution in [-0.4, -0.2) is 45.9 Å². The first kappa shape index (κ1) is 25.7. The van der Waals surface area contributed by atoms with E-state index in [1.807, 2.05) is 0 Å². The number of ether oxygens (including phenoxy) is 1. The molecule has 0 saturated carbocycles. The molecule has 1 saturated heterocycles. The Labute approximate surface area is 191 Å².